The number of nitrogens with zero attached hydrogens (tertiary/aromatic N) is 2. The number of carbonyl (C=O) groups excluding carboxylic acids is 2. The minimum absolute atomic E-state index is 0.0530. The Hall–Kier alpha value is -3.05. The minimum atomic E-state index is -4.76. The summed E-state index contributed by atoms with van der Waals surface area (Å²) in [6.07, 6.45) is -4.55. The Labute approximate surface area is 200 Å². The first kappa shape index (κ1) is 26.6. The van der Waals surface area contributed by atoms with Crippen molar-refractivity contribution in [2.45, 2.75) is 63.9 Å². The third-order valence-electron chi connectivity index (χ3n) is 5.99. The van der Waals surface area contributed by atoms with Gasteiger partial charge in [-0.05, 0) is 58.2 Å². The van der Waals surface area contributed by atoms with Gasteiger partial charge in [0.2, 0.25) is 5.91 Å². The summed E-state index contributed by atoms with van der Waals surface area (Å²) in [7, 11) is 0. The number of aliphatic carboxylic acids is 1. The largest absolute Gasteiger partial charge is 0.481 e. The molecule has 8 nitrogen and oxygen atoms in total. The van der Waals surface area contributed by atoms with E-state index in [4.69, 9.17) is 4.74 Å². The Bertz CT molecular complexity index is 979. The minimum Gasteiger partial charge on any atom is -0.481 e. The van der Waals surface area contributed by atoms with Gasteiger partial charge in [-0.15, -0.1) is 0 Å². The van der Waals surface area contributed by atoms with Crippen molar-refractivity contribution in [1.29, 1.82) is 0 Å². The number of nitrogens with one attached hydrogen (secondary N) is 1. The highest BCUT2D eigenvalue weighted by atomic mass is 19.4. The third-order valence-corrected chi connectivity index (χ3v) is 5.99. The van der Waals surface area contributed by atoms with Crippen molar-refractivity contribution in [3.05, 3.63) is 29.6 Å². The van der Waals surface area contributed by atoms with Crippen LogP contribution in [0, 0.1) is 11.7 Å². The lowest BCUT2D eigenvalue weighted by Gasteiger charge is -2.45. The summed E-state index contributed by atoms with van der Waals surface area (Å²) >= 11 is 0. The molecule has 0 spiro atoms. The summed E-state index contributed by atoms with van der Waals surface area (Å²) in [5.74, 6) is -3.66. The van der Waals surface area contributed by atoms with Crippen LogP contribution in [0.2, 0.25) is 0 Å². The number of piperidine rings is 2. The average Bonchev–Trinajstić information content (AvgIpc) is 2.72. The number of rotatable bonds is 4. The number of hydrogen-bond donors (Lipinski definition) is 2. The van der Waals surface area contributed by atoms with Gasteiger partial charge in [-0.2, -0.15) is 13.2 Å². The van der Waals surface area contributed by atoms with Crippen LogP contribution in [-0.4, -0.2) is 70.2 Å². The smallest absolute Gasteiger partial charge is 0.416 e. The van der Waals surface area contributed by atoms with Crippen molar-refractivity contribution in [3.8, 4) is 0 Å². The first-order valence-electron chi connectivity index (χ1n) is 11.3. The highest BCUT2D eigenvalue weighted by molar-refractivity contribution is 5.86. The lowest BCUT2D eigenvalue weighted by atomic mass is 9.88. The standard InChI is InChI=1S/C23H29F4N3O5/c1-22(2,3)35-21(34)29-8-6-16(20(32)33)18(12-29)30-7-4-5-17(19(30)31)28-15-10-13(23(25,26)27)9-14(24)11-15/h9-11,16-18,28H,4-8,12H2,1-3H3,(H,32,33). The number of carbonyl (C=O) groups is 3. The van der Waals surface area contributed by atoms with Crippen molar-refractivity contribution in [2.24, 2.45) is 5.92 Å². The summed E-state index contributed by atoms with van der Waals surface area (Å²) in [6.45, 7) is 5.43. The molecule has 2 N–H and O–H groups in total. The van der Waals surface area contributed by atoms with Crippen molar-refractivity contribution in [2.75, 3.05) is 25.0 Å². The van der Waals surface area contributed by atoms with Gasteiger partial charge >= 0.3 is 18.2 Å². The molecule has 2 fully saturated rings. The number of amides is 2. The Kier molecular flexibility index (Phi) is 7.51. The van der Waals surface area contributed by atoms with E-state index in [1.54, 1.807) is 20.8 Å². The van der Waals surface area contributed by atoms with Crippen molar-refractivity contribution < 1.29 is 41.8 Å². The molecule has 0 radical (unpaired) electrons. The van der Waals surface area contributed by atoms with E-state index in [-0.39, 0.29) is 38.2 Å². The number of carboxylic acids is 1. The van der Waals surface area contributed by atoms with Gasteiger partial charge in [0.25, 0.3) is 0 Å². The molecular formula is C23H29F4N3O5. The SMILES string of the molecule is CC(C)(C)OC(=O)N1CCC(C(=O)O)C(N2CCCC(Nc3cc(F)cc(C(F)(F)F)c3)C2=O)C1. The maximum absolute atomic E-state index is 13.8. The normalized spacial score (nSPS) is 23.7. The molecule has 0 bridgehead atoms. The Morgan fingerprint density at radius 3 is 2.40 bits per heavy atom. The van der Waals surface area contributed by atoms with Crippen LogP contribution in [-0.2, 0) is 20.5 Å². The molecule has 2 amide bonds. The van der Waals surface area contributed by atoms with Gasteiger partial charge in [-0.3, -0.25) is 9.59 Å². The van der Waals surface area contributed by atoms with E-state index in [2.05, 4.69) is 5.32 Å². The van der Waals surface area contributed by atoms with Crippen LogP contribution < -0.4 is 5.32 Å². The summed E-state index contributed by atoms with van der Waals surface area (Å²) in [6, 6.07) is 0.138. The first-order valence-corrected chi connectivity index (χ1v) is 11.3. The zero-order valence-electron chi connectivity index (χ0n) is 19.7. The van der Waals surface area contributed by atoms with Gasteiger partial charge in [0.1, 0.15) is 17.5 Å². The fourth-order valence-corrected chi connectivity index (χ4v) is 4.43. The zero-order chi connectivity index (χ0) is 26.1. The number of carboxylic acid groups (broad SMARTS) is 1. The quantitative estimate of drug-likeness (QED) is 0.604. The number of hydrogen-bond acceptors (Lipinski definition) is 5. The molecule has 194 valence electrons. The van der Waals surface area contributed by atoms with Crippen molar-refractivity contribution in [1.82, 2.24) is 9.80 Å². The molecule has 0 aromatic heterocycles. The summed E-state index contributed by atoms with van der Waals surface area (Å²) < 4.78 is 58.4. The van der Waals surface area contributed by atoms with E-state index >= 15 is 0 Å². The van der Waals surface area contributed by atoms with Gasteiger partial charge in [-0.25, -0.2) is 9.18 Å². The molecule has 0 saturated carbocycles. The van der Waals surface area contributed by atoms with Crippen molar-refractivity contribution >= 4 is 23.7 Å². The molecule has 2 heterocycles. The predicted molar refractivity (Wildman–Crippen MR) is 117 cm³/mol. The number of likely N-dealkylation sites (tertiary alicyclic amines) is 2. The van der Waals surface area contributed by atoms with Crippen LogP contribution in [0.15, 0.2) is 18.2 Å². The van der Waals surface area contributed by atoms with Crippen LogP contribution in [0.3, 0.4) is 0 Å². The van der Waals surface area contributed by atoms with Gasteiger partial charge in [-0.1, -0.05) is 0 Å². The lowest BCUT2D eigenvalue weighted by Crippen LogP contribution is -2.61. The molecule has 2 aliphatic heterocycles. The molecular weight excluding hydrogens is 474 g/mol. The van der Waals surface area contributed by atoms with Crippen LogP contribution in [0.5, 0.6) is 0 Å². The Morgan fingerprint density at radius 1 is 1.11 bits per heavy atom. The number of benzene rings is 1. The topological polar surface area (TPSA) is 99.2 Å². The molecule has 3 atom stereocenters. The second-order valence-electron chi connectivity index (χ2n) is 9.82. The molecule has 3 unspecified atom stereocenters. The van der Waals surface area contributed by atoms with E-state index in [0.717, 1.165) is 12.1 Å². The zero-order valence-corrected chi connectivity index (χ0v) is 19.7. The summed E-state index contributed by atoms with van der Waals surface area (Å²) in [4.78, 5) is 40.5. The highest BCUT2D eigenvalue weighted by Gasteiger charge is 2.44. The van der Waals surface area contributed by atoms with Crippen LogP contribution in [0.4, 0.5) is 28.0 Å². The van der Waals surface area contributed by atoms with Gasteiger partial charge in [0, 0.05) is 25.3 Å². The van der Waals surface area contributed by atoms with E-state index in [0.29, 0.717) is 12.5 Å². The molecule has 12 heteroatoms. The number of alkyl halides is 3. The number of anilines is 1. The predicted octanol–water partition coefficient (Wildman–Crippen LogP) is 3.96. The van der Waals surface area contributed by atoms with Gasteiger partial charge < -0.3 is 25.0 Å². The summed E-state index contributed by atoms with van der Waals surface area (Å²) in [5, 5.41) is 12.4. The second-order valence-corrected chi connectivity index (χ2v) is 9.82. The maximum Gasteiger partial charge on any atom is 0.416 e. The second kappa shape index (κ2) is 9.90. The first-order chi connectivity index (χ1) is 16.2. The fourth-order valence-electron chi connectivity index (χ4n) is 4.43. The third kappa shape index (κ3) is 6.55. The average molecular weight is 503 g/mol. The summed E-state index contributed by atoms with van der Waals surface area (Å²) in [5.41, 5.74) is -2.15. The van der Waals surface area contributed by atoms with Crippen LogP contribution in [0.25, 0.3) is 0 Å². The molecule has 1 aromatic rings. The van der Waals surface area contributed by atoms with E-state index in [1.165, 1.54) is 9.80 Å². The molecule has 0 aliphatic carbocycles. The van der Waals surface area contributed by atoms with E-state index in [9.17, 15) is 37.1 Å². The van der Waals surface area contributed by atoms with Crippen LogP contribution >= 0.6 is 0 Å². The number of halogens is 4. The molecule has 2 saturated heterocycles. The van der Waals surface area contributed by atoms with Gasteiger partial charge in [0.15, 0.2) is 0 Å². The van der Waals surface area contributed by atoms with E-state index in [1.807, 2.05) is 0 Å². The molecule has 35 heavy (non-hydrogen) atoms. The lowest BCUT2D eigenvalue weighted by molar-refractivity contribution is -0.151. The van der Waals surface area contributed by atoms with Gasteiger partial charge in [0.05, 0.1) is 17.5 Å². The molecule has 3 rings (SSSR count). The Balaban J connectivity index is 1.80. The monoisotopic (exact) mass is 503 g/mol. The highest BCUT2D eigenvalue weighted by Crippen LogP contribution is 2.33. The maximum atomic E-state index is 13.8. The fraction of sp³-hybridized carbons (Fsp3) is 0.609. The van der Waals surface area contributed by atoms with E-state index < -0.39 is 59.1 Å². The number of ether oxygens (including phenoxy) is 1. The Morgan fingerprint density at radius 2 is 1.80 bits per heavy atom. The van der Waals surface area contributed by atoms with Crippen LogP contribution in [0.1, 0.15) is 45.6 Å². The molecule has 1 aromatic carbocycles. The molecule has 2 aliphatic rings. The van der Waals surface area contributed by atoms with Crippen molar-refractivity contribution in [3.63, 3.8) is 0 Å².